The highest BCUT2D eigenvalue weighted by Gasteiger charge is 2.16. The Labute approximate surface area is 166 Å². The van der Waals surface area contributed by atoms with E-state index in [0.29, 0.717) is 16.9 Å². The molecule has 28 heavy (non-hydrogen) atoms. The number of carbonyl (C=O) groups is 1. The van der Waals surface area contributed by atoms with Gasteiger partial charge in [0.15, 0.2) is 5.82 Å². The topological polar surface area (TPSA) is 83.6 Å². The van der Waals surface area contributed by atoms with Crippen molar-refractivity contribution in [2.75, 3.05) is 0 Å². The first-order valence-electron chi connectivity index (χ1n) is 8.51. The maximum absolute atomic E-state index is 13.1. The number of hydrogen-bond donors (Lipinski definition) is 1. The number of aromatic nitrogens is 3. The van der Waals surface area contributed by atoms with Crippen LogP contribution in [0.3, 0.4) is 0 Å². The van der Waals surface area contributed by atoms with Crippen molar-refractivity contribution >= 4 is 17.5 Å². The Morgan fingerprint density at radius 2 is 2.11 bits per heavy atom. The molecule has 0 atom stereocenters. The fraction of sp³-hybridized carbons (Fsp3) is 0.200. The Morgan fingerprint density at radius 1 is 1.32 bits per heavy atom. The first-order valence-corrected chi connectivity index (χ1v) is 8.89. The van der Waals surface area contributed by atoms with Gasteiger partial charge in [0.2, 0.25) is 5.91 Å². The molecule has 3 aromatic rings. The molecule has 0 aliphatic rings. The SMILES string of the molecule is Cc1nn(-c2ccc(C#N)cn2)c(C)c1CC(=O)NCc1ccc(F)cc1Cl. The van der Waals surface area contributed by atoms with Gasteiger partial charge in [-0.15, -0.1) is 0 Å². The molecule has 0 unspecified atom stereocenters. The van der Waals surface area contributed by atoms with Crippen molar-refractivity contribution in [3.63, 3.8) is 0 Å². The Bertz CT molecular complexity index is 1070. The van der Waals surface area contributed by atoms with Gasteiger partial charge >= 0.3 is 0 Å². The van der Waals surface area contributed by atoms with Crippen LogP contribution in [0, 0.1) is 31.0 Å². The van der Waals surface area contributed by atoms with Crippen LogP contribution in [0.5, 0.6) is 0 Å². The van der Waals surface area contributed by atoms with E-state index < -0.39 is 5.82 Å². The van der Waals surface area contributed by atoms with Crippen molar-refractivity contribution in [3.05, 3.63) is 75.4 Å². The summed E-state index contributed by atoms with van der Waals surface area (Å²) in [6, 6.07) is 9.45. The lowest BCUT2D eigenvalue weighted by molar-refractivity contribution is -0.120. The Kier molecular flexibility index (Phi) is 5.71. The summed E-state index contributed by atoms with van der Waals surface area (Å²) >= 11 is 5.98. The molecule has 0 spiro atoms. The fourth-order valence-electron chi connectivity index (χ4n) is 2.81. The second-order valence-corrected chi connectivity index (χ2v) is 6.67. The van der Waals surface area contributed by atoms with E-state index in [2.05, 4.69) is 15.4 Å². The zero-order chi connectivity index (χ0) is 20.3. The zero-order valence-corrected chi connectivity index (χ0v) is 16.1. The number of rotatable bonds is 5. The van der Waals surface area contributed by atoms with E-state index >= 15 is 0 Å². The summed E-state index contributed by atoms with van der Waals surface area (Å²) in [6.07, 6.45) is 1.62. The standard InChI is InChI=1S/C20H17ClFN5O/c1-12-17(8-20(28)25-11-15-4-5-16(22)7-18(15)21)13(2)27(26-12)19-6-3-14(9-23)10-24-19/h3-7,10H,8,11H2,1-2H3,(H,25,28). The summed E-state index contributed by atoms with van der Waals surface area (Å²) in [5.74, 6) is -0.0431. The predicted octanol–water partition coefficient (Wildman–Crippen LogP) is 3.41. The molecule has 1 aromatic carbocycles. The average Bonchev–Trinajstić information content (AvgIpc) is 2.95. The van der Waals surface area contributed by atoms with Gasteiger partial charge < -0.3 is 5.32 Å². The minimum Gasteiger partial charge on any atom is -0.352 e. The summed E-state index contributed by atoms with van der Waals surface area (Å²) < 4.78 is 14.8. The maximum atomic E-state index is 13.1. The van der Waals surface area contributed by atoms with Crippen LogP contribution in [0.1, 0.15) is 28.1 Å². The molecular weight excluding hydrogens is 381 g/mol. The van der Waals surface area contributed by atoms with Gasteiger partial charge in [-0.2, -0.15) is 10.4 Å². The number of nitrogens with zero attached hydrogens (tertiary/aromatic N) is 4. The Hall–Kier alpha value is -3.24. The van der Waals surface area contributed by atoms with Gasteiger partial charge in [0.25, 0.3) is 0 Å². The molecule has 1 N–H and O–H groups in total. The molecule has 1 amide bonds. The number of carbonyl (C=O) groups excluding carboxylic acids is 1. The summed E-state index contributed by atoms with van der Waals surface area (Å²) in [7, 11) is 0. The molecule has 0 aliphatic heterocycles. The molecule has 8 heteroatoms. The zero-order valence-electron chi connectivity index (χ0n) is 15.3. The van der Waals surface area contributed by atoms with Crippen molar-refractivity contribution in [2.45, 2.75) is 26.8 Å². The first-order chi connectivity index (χ1) is 13.4. The van der Waals surface area contributed by atoms with Crippen LogP contribution in [-0.2, 0) is 17.8 Å². The predicted molar refractivity (Wildman–Crippen MR) is 103 cm³/mol. The monoisotopic (exact) mass is 397 g/mol. The van der Waals surface area contributed by atoms with Crippen LogP contribution in [0.15, 0.2) is 36.5 Å². The second-order valence-electron chi connectivity index (χ2n) is 6.27. The molecule has 2 aromatic heterocycles. The summed E-state index contributed by atoms with van der Waals surface area (Å²) in [6.45, 7) is 3.90. The van der Waals surface area contributed by atoms with Gasteiger partial charge in [0.1, 0.15) is 11.9 Å². The molecule has 142 valence electrons. The van der Waals surface area contributed by atoms with Crippen LogP contribution in [-0.4, -0.2) is 20.7 Å². The van der Waals surface area contributed by atoms with Crippen LogP contribution in [0.2, 0.25) is 5.02 Å². The molecule has 0 fully saturated rings. The molecule has 0 radical (unpaired) electrons. The number of halogens is 2. The van der Waals surface area contributed by atoms with Crippen LogP contribution in [0.4, 0.5) is 4.39 Å². The molecule has 0 bridgehead atoms. The van der Waals surface area contributed by atoms with E-state index in [0.717, 1.165) is 17.0 Å². The normalized spacial score (nSPS) is 10.5. The molecule has 0 aliphatic carbocycles. The van der Waals surface area contributed by atoms with Crippen LogP contribution < -0.4 is 5.32 Å². The van der Waals surface area contributed by atoms with E-state index in [-0.39, 0.29) is 23.9 Å². The largest absolute Gasteiger partial charge is 0.352 e. The fourth-order valence-corrected chi connectivity index (χ4v) is 3.05. The average molecular weight is 398 g/mol. The van der Waals surface area contributed by atoms with Crippen molar-refractivity contribution in [2.24, 2.45) is 0 Å². The summed E-state index contributed by atoms with van der Waals surface area (Å²) in [4.78, 5) is 16.6. The van der Waals surface area contributed by atoms with Crippen molar-refractivity contribution in [1.82, 2.24) is 20.1 Å². The van der Waals surface area contributed by atoms with Gasteiger partial charge in [-0.3, -0.25) is 4.79 Å². The summed E-state index contributed by atoms with van der Waals surface area (Å²) in [5, 5.41) is 16.4. The smallest absolute Gasteiger partial charge is 0.224 e. The van der Waals surface area contributed by atoms with Crippen molar-refractivity contribution in [3.8, 4) is 11.9 Å². The number of aryl methyl sites for hydroxylation is 1. The molecular formula is C20H17ClFN5O. The minimum atomic E-state index is -0.421. The maximum Gasteiger partial charge on any atom is 0.224 e. The first kappa shape index (κ1) is 19.5. The van der Waals surface area contributed by atoms with E-state index in [1.54, 1.807) is 22.9 Å². The van der Waals surface area contributed by atoms with E-state index in [1.165, 1.54) is 18.3 Å². The highest BCUT2D eigenvalue weighted by atomic mass is 35.5. The number of hydrogen-bond acceptors (Lipinski definition) is 4. The van der Waals surface area contributed by atoms with Crippen LogP contribution >= 0.6 is 11.6 Å². The lowest BCUT2D eigenvalue weighted by atomic mass is 10.1. The number of amides is 1. The van der Waals surface area contributed by atoms with Gasteiger partial charge in [-0.05, 0) is 43.7 Å². The quantitative estimate of drug-likeness (QED) is 0.715. The Morgan fingerprint density at radius 3 is 2.75 bits per heavy atom. The highest BCUT2D eigenvalue weighted by Crippen LogP contribution is 2.19. The Balaban J connectivity index is 1.72. The minimum absolute atomic E-state index is 0.146. The van der Waals surface area contributed by atoms with E-state index in [4.69, 9.17) is 16.9 Å². The van der Waals surface area contributed by atoms with Crippen LogP contribution in [0.25, 0.3) is 5.82 Å². The molecule has 0 saturated heterocycles. The molecule has 6 nitrogen and oxygen atoms in total. The molecule has 0 saturated carbocycles. The third-order valence-electron chi connectivity index (χ3n) is 4.36. The third-order valence-corrected chi connectivity index (χ3v) is 4.72. The second kappa shape index (κ2) is 8.19. The van der Waals surface area contributed by atoms with Gasteiger partial charge in [0.05, 0.1) is 17.7 Å². The molecule has 3 rings (SSSR count). The third kappa shape index (κ3) is 4.18. The number of nitriles is 1. The van der Waals surface area contributed by atoms with Gasteiger partial charge in [-0.1, -0.05) is 17.7 Å². The van der Waals surface area contributed by atoms with E-state index in [1.807, 2.05) is 19.9 Å². The lowest BCUT2D eigenvalue weighted by Gasteiger charge is -2.08. The number of nitrogens with one attached hydrogen (secondary N) is 1. The van der Waals surface area contributed by atoms with Gasteiger partial charge in [-0.25, -0.2) is 14.1 Å². The summed E-state index contributed by atoms with van der Waals surface area (Å²) in [5.41, 5.74) is 3.42. The number of pyridine rings is 1. The van der Waals surface area contributed by atoms with Crippen molar-refractivity contribution in [1.29, 1.82) is 5.26 Å². The molecule has 2 heterocycles. The van der Waals surface area contributed by atoms with E-state index in [9.17, 15) is 9.18 Å². The lowest BCUT2D eigenvalue weighted by Crippen LogP contribution is -2.25. The van der Waals surface area contributed by atoms with Gasteiger partial charge in [0, 0.05) is 29.0 Å². The van der Waals surface area contributed by atoms with Crippen molar-refractivity contribution < 1.29 is 9.18 Å². The number of benzene rings is 1. The highest BCUT2D eigenvalue weighted by molar-refractivity contribution is 6.31.